The van der Waals surface area contributed by atoms with E-state index in [4.69, 9.17) is 4.74 Å². The van der Waals surface area contributed by atoms with Gasteiger partial charge in [0.25, 0.3) is 5.91 Å². The van der Waals surface area contributed by atoms with Gasteiger partial charge in [0.1, 0.15) is 10.8 Å². The van der Waals surface area contributed by atoms with Gasteiger partial charge in [-0.3, -0.25) is 9.59 Å². The number of carbonyl (C=O) groups is 2. The van der Waals surface area contributed by atoms with Crippen LogP contribution in [0.3, 0.4) is 0 Å². The number of aromatic nitrogens is 2. The van der Waals surface area contributed by atoms with Crippen LogP contribution in [0, 0.1) is 0 Å². The first-order chi connectivity index (χ1) is 14.5. The quantitative estimate of drug-likeness (QED) is 0.542. The average molecular weight is 425 g/mol. The fourth-order valence-corrected chi connectivity index (χ4v) is 3.62. The van der Waals surface area contributed by atoms with Gasteiger partial charge in [-0.1, -0.05) is 41.7 Å². The van der Waals surface area contributed by atoms with Crippen LogP contribution in [0.2, 0.25) is 0 Å². The van der Waals surface area contributed by atoms with Crippen LogP contribution < -0.4 is 15.4 Å². The zero-order valence-electron chi connectivity index (χ0n) is 16.9. The van der Waals surface area contributed by atoms with Crippen molar-refractivity contribution in [2.24, 2.45) is 0 Å². The van der Waals surface area contributed by atoms with Crippen LogP contribution in [0.4, 0.5) is 5.69 Å². The maximum Gasteiger partial charge on any atom is 0.286 e. The Morgan fingerprint density at radius 1 is 1.07 bits per heavy atom. The third kappa shape index (κ3) is 6.12. The molecule has 2 amide bonds. The maximum absolute atomic E-state index is 12.3. The van der Waals surface area contributed by atoms with E-state index in [0.29, 0.717) is 35.7 Å². The minimum atomic E-state index is -0.307. The highest BCUT2D eigenvalue weighted by Crippen LogP contribution is 2.18. The van der Waals surface area contributed by atoms with Crippen LogP contribution in [-0.2, 0) is 11.2 Å². The van der Waals surface area contributed by atoms with Gasteiger partial charge in [0.15, 0.2) is 0 Å². The van der Waals surface area contributed by atoms with Crippen molar-refractivity contribution in [1.82, 2.24) is 15.5 Å². The molecule has 0 unspecified atom stereocenters. The SMILES string of the molecule is COc1ccc(NC(=O)c2nnc(CCCC(=O)N[C@@H](C)c3ccccc3)s2)cc1. The number of ether oxygens (including phenoxy) is 1. The molecule has 0 bridgehead atoms. The van der Waals surface area contributed by atoms with Gasteiger partial charge in [0, 0.05) is 18.5 Å². The first-order valence-electron chi connectivity index (χ1n) is 9.67. The van der Waals surface area contributed by atoms with Crippen LogP contribution in [0.1, 0.15) is 46.2 Å². The topological polar surface area (TPSA) is 93.2 Å². The van der Waals surface area contributed by atoms with E-state index >= 15 is 0 Å². The number of hydrogen-bond acceptors (Lipinski definition) is 6. The summed E-state index contributed by atoms with van der Waals surface area (Å²) in [5.41, 5.74) is 1.73. The molecule has 0 radical (unpaired) electrons. The molecule has 3 rings (SSSR count). The highest BCUT2D eigenvalue weighted by Gasteiger charge is 2.14. The Hall–Kier alpha value is -3.26. The highest BCUT2D eigenvalue weighted by molar-refractivity contribution is 7.13. The second-order valence-electron chi connectivity index (χ2n) is 6.74. The number of benzene rings is 2. The normalized spacial score (nSPS) is 11.5. The molecule has 2 N–H and O–H groups in total. The molecule has 8 heteroatoms. The largest absolute Gasteiger partial charge is 0.497 e. The molecule has 156 valence electrons. The lowest BCUT2D eigenvalue weighted by Gasteiger charge is -2.14. The number of nitrogens with zero attached hydrogens (tertiary/aromatic N) is 2. The fraction of sp³-hybridized carbons (Fsp3) is 0.273. The molecule has 1 heterocycles. The predicted molar refractivity (Wildman–Crippen MR) is 117 cm³/mol. The number of rotatable bonds is 9. The van der Waals surface area contributed by atoms with Gasteiger partial charge in [0.05, 0.1) is 13.2 Å². The molecule has 0 saturated heterocycles. The molecule has 7 nitrogen and oxygen atoms in total. The number of nitrogens with one attached hydrogen (secondary N) is 2. The molecule has 0 fully saturated rings. The molecule has 1 atom stereocenters. The van der Waals surface area contributed by atoms with Gasteiger partial charge in [-0.25, -0.2) is 0 Å². The molecule has 0 aliphatic rings. The van der Waals surface area contributed by atoms with Gasteiger partial charge in [-0.2, -0.15) is 0 Å². The number of aryl methyl sites for hydroxylation is 1. The summed E-state index contributed by atoms with van der Waals surface area (Å²) in [5, 5.41) is 14.8. The Balaban J connectivity index is 1.43. The molecule has 0 spiro atoms. The van der Waals surface area contributed by atoms with Crippen molar-refractivity contribution in [3.05, 3.63) is 70.2 Å². The maximum atomic E-state index is 12.3. The minimum Gasteiger partial charge on any atom is -0.497 e. The van der Waals surface area contributed by atoms with Crippen molar-refractivity contribution in [2.45, 2.75) is 32.2 Å². The number of carbonyl (C=O) groups excluding carboxylic acids is 2. The summed E-state index contributed by atoms with van der Waals surface area (Å²) in [5.74, 6) is 0.403. The van der Waals surface area contributed by atoms with Crippen molar-refractivity contribution in [3.63, 3.8) is 0 Å². The Morgan fingerprint density at radius 3 is 2.50 bits per heavy atom. The zero-order valence-corrected chi connectivity index (χ0v) is 17.7. The third-order valence-electron chi connectivity index (χ3n) is 4.48. The molecular weight excluding hydrogens is 400 g/mol. The summed E-state index contributed by atoms with van der Waals surface area (Å²) >= 11 is 1.24. The monoisotopic (exact) mass is 424 g/mol. The first kappa shape index (κ1) is 21.4. The standard InChI is InChI=1S/C22H24N4O3S/c1-15(16-7-4-3-5-8-16)23-19(27)9-6-10-20-25-26-22(30-20)21(28)24-17-11-13-18(29-2)14-12-17/h3-5,7-8,11-15H,6,9-10H2,1-2H3,(H,23,27)(H,24,28)/t15-/m0/s1. The summed E-state index contributed by atoms with van der Waals surface area (Å²) in [6.07, 6.45) is 1.63. The molecule has 3 aromatic rings. The van der Waals surface area contributed by atoms with E-state index in [0.717, 1.165) is 10.6 Å². The van der Waals surface area contributed by atoms with Gasteiger partial charge in [-0.05, 0) is 43.2 Å². The van der Waals surface area contributed by atoms with Crippen LogP contribution in [0.15, 0.2) is 54.6 Å². The summed E-state index contributed by atoms with van der Waals surface area (Å²) < 4.78 is 5.10. The lowest BCUT2D eigenvalue weighted by Crippen LogP contribution is -2.26. The zero-order chi connectivity index (χ0) is 21.3. The second-order valence-corrected chi connectivity index (χ2v) is 7.80. The Labute approximate surface area is 179 Å². The third-order valence-corrected chi connectivity index (χ3v) is 5.46. The van der Waals surface area contributed by atoms with Crippen LogP contribution in [0.5, 0.6) is 5.75 Å². The summed E-state index contributed by atoms with van der Waals surface area (Å²) in [4.78, 5) is 24.5. The molecule has 0 aliphatic heterocycles. The van der Waals surface area contributed by atoms with Gasteiger partial charge < -0.3 is 15.4 Å². The number of methoxy groups -OCH3 is 1. The molecule has 0 saturated carbocycles. The molecule has 2 aromatic carbocycles. The van der Waals surface area contributed by atoms with Crippen molar-refractivity contribution in [3.8, 4) is 5.75 Å². The smallest absolute Gasteiger partial charge is 0.286 e. The number of anilines is 1. The first-order valence-corrected chi connectivity index (χ1v) is 10.5. The molecule has 0 aliphatic carbocycles. The van der Waals surface area contributed by atoms with E-state index in [-0.39, 0.29) is 17.9 Å². The van der Waals surface area contributed by atoms with E-state index in [2.05, 4.69) is 20.8 Å². The highest BCUT2D eigenvalue weighted by atomic mass is 32.1. The second kappa shape index (κ2) is 10.5. The van der Waals surface area contributed by atoms with E-state index in [9.17, 15) is 9.59 Å². The lowest BCUT2D eigenvalue weighted by molar-refractivity contribution is -0.121. The minimum absolute atomic E-state index is 0.00617. The van der Waals surface area contributed by atoms with Crippen molar-refractivity contribution in [1.29, 1.82) is 0 Å². The van der Waals surface area contributed by atoms with Crippen molar-refractivity contribution in [2.75, 3.05) is 12.4 Å². The van der Waals surface area contributed by atoms with Crippen LogP contribution in [-0.4, -0.2) is 29.1 Å². The van der Waals surface area contributed by atoms with Gasteiger partial charge in [-0.15, -0.1) is 10.2 Å². The lowest BCUT2D eigenvalue weighted by atomic mass is 10.1. The van der Waals surface area contributed by atoms with Crippen LogP contribution in [0.25, 0.3) is 0 Å². The van der Waals surface area contributed by atoms with E-state index in [1.54, 1.807) is 31.4 Å². The number of hydrogen-bond donors (Lipinski definition) is 2. The number of amides is 2. The summed E-state index contributed by atoms with van der Waals surface area (Å²) in [6, 6.07) is 16.9. The van der Waals surface area contributed by atoms with Crippen molar-refractivity contribution < 1.29 is 14.3 Å². The van der Waals surface area contributed by atoms with E-state index in [1.807, 2.05) is 37.3 Å². The fourth-order valence-electron chi connectivity index (χ4n) is 2.84. The van der Waals surface area contributed by atoms with E-state index < -0.39 is 0 Å². The van der Waals surface area contributed by atoms with Gasteiger partial charge >= 0.3 is 0 Å². The summed E-state index contributed by atoms with van der Waals surface area (Å²) in [7, 11) is 1.59. The molecule has 1 aromatic heterocycles. The summed E-state index contributed by atoms with van der Waals surface area (Å²) in [6.45, 7) is 1.96. The molecular formula is C22H24N4O3S. The Bertz CT molecular complexity index is 974. The van der Waals surface area contributed by atoms with Crippen LogP contribution >= 0.6 is 11.3 Å². The van der Waals surface area contributed by atoms with Crippen molar-refractivity contribution >= 4 is 28.8 Å². The van der Waals surface area contributed by atoms with Gasteiger partial charge in [0.2, 0.25) is 10.9 Å². The van der Waals surface area contributed by atoms with E-state index in [1.165, 1.54) is 11.3 Å². The Kier molecular flexibility index (Phi) is 7.51. The average Bonchev–Trinajstić information content (AvgIpc) is 3.24. The predicted octanol–water partition coefficient (Wildman–Crippen LogP) is 4.00. The Morgan fingerprint density at radius 2 is 1.80 bits per heavy atom. The molecule has 30 heavy (non-hydrogen) atoms.